The summed E-state index contributed by atoms with van der Waals surface area (Å²) in [6, 6.07) is 17.9. The number of aliphatic hydroxyl groups is 1. The summed E-state index contributed by atoms with van der Waals surface area (Å²) < 4.78 is 13.8. The van der Waals surface area contributed by atoms with Crippen LogP contribution in [-0.2, 0) is 6.54 Å². The highest BCUT2D eigenvalue weighted by Gasteiger charge is 2.46. The normalized spacial score (nSPS) is 30.0. The van der Waals surface area contributed by atoms with Crippen LogP contribution in [0.2, 0.25) is 0 Å². The first-order valence-electron chi connectivity index (χ1n) is 9.44. The van der Waals surface area contributed by atoms with Gasteiger partial charge in [0.05, 0.1) is 6.10 Å². The molecule has 1 N–H and O–H groups in total. The predicted octanol–water partition coefficient (Wildman–Crippen LogP) is 4.34. The number of likely N-dealkylation sites (tertiary alicyclic amines) is 1. The largest absolute Gasteiger partial charge is 0.393 e. The fourth-order valence-electron chi connectivity index (χ4n) is 4.88. The van der Waals surface area contributed by atoms with Crippen LogP contribution in [0, 0.1) is 11.7 Å². The Kier molecular flexibility index (Phi) is 4.87. The van der Waals surface area contributed by atoms with Crippen molar-refractivity contribution in [3.63, 3.8) is 0 Å². The lowest BCUT2D eigenvalue weighted by Crippen LogP contribution is -2.36. The van der Waals surface area contributed by atoms with E-state index in [4.69, 9.17) is 0 Å². The number of rotatable bonds is 3. The van der Waals surface area contributed by atoms with E-state index in [2.05, 4.69) is 29.2 Å². The second-order valence-corrected chi connectivity index (χ2v) is 7.57. The van der Waals surface area contributed by atoms with E-state index in [1.54, 1.807) is 12.1 Å². The Labute approximate surface area is 149 Å². The molecule has 0 spiro atoms. The molecule has 3 heteroatoms. The molecular weight excluding hydrogens is 313 g/mol. The van der Waals surface area contributed by atoms with Crippen LogP contribution in [0.25, 0.3) is 0 Å². The summed E-state index contributed by atoms with van der Waals surface area (Å²) in [5.74, 6) is 0.226. The highest BCUT2D eigenvalue weighted by atomic mass is 19.1. The van der Waals surface area contributed by atoms with Crippen LogP contribution in [0.1, 0.15) is 42.7 Å². The molecule has 1 aliphatic carbocycles. The van der Waals surface area contributed by atoms with Gasteiger partial charge in [0.2, 0.25) is 0 Å². The van der Waals surface area contributed by atoms with Gasteiger partial charge in [0, 0.05) is 31.0 Å². The Bertz CT molecular complexity index is 704. The van der Waals surface area contributed by atoms with Gasteiger partial charge in [-0.25, -0.2) is 4.39 Å². The van der Waals surface area contributed by atoms with Crippen molar-refractivity contribution in [1.29, 1.82) is 0 Å². The molecule has 132 valence electrons. The van der Waals surface area contributed by atoms with E-state index in [1.807, 2.05) is 12.1 Å². The van der Waals surface area contributed by atoms with Crippen LogP contribution in [-0.4, -0.2) is 28.7 Å². The van der Waals surface area contributed by atoms with Gasteiger partial charge in [0.25, 0.3) is 0 Å². The SMILES string of the molecule is O[C@@H]1CCCC[C@@H]2[C@H]1[C@@H](c1cccc(F)c1)CN2Cc1ccccc1. The fourth-order valence-corrected chi connectivity index (χ4v) is 4.88. The molecule has 2 nitrogen and oxygen atoms in total. The second kappa shape index (κ2) is 7.27. The molecule has 1 aliphatic heterocycles. The zero-order valence-corrected chi connectivity index (χ0v) is 14.5. The molecule has 4 atom stereocenters. The average Bonchev–Trinajstić information content (AvgIpc) is 2.86. The number of halogens is 1. The highest BCUT2D eigenvalue weighted by Crippen LogP contribution is 2.44. The third kappa shape index (κ3) is 3.49. The van der Waals surface area contributed by atoms with E-state index in [0.29, 0.717) is 6.04 Å². The molecule has 2 aromatic rings. The Hall–Kier alpha value is -1.71. The summed E-state index contributed by atoms with van der Waals surface area (Å²) in [5.41, 5.74) is 2.34. The van der Waals surface area contributed by atoms with Gasteiger partial charge >= 0.3 is 0 Å². The van der Waals surface area contributed by atoms with Crippen molar-refractivity contribution in [2.24, 2.45) is 5.92 Å². The molecule has 0 radical (unpaired) electrons. The van der Waals surface area contributed by atoms with Crippen LogP contribution < -0.4 is 0 Å². The van der Waals surface area contributed by atoms with Crippen molar-refractivity contribution in [3.8, 4) is 0 Å². The minimum absolute atomic E-state index is 0.182. The van der Waals surface area contributed by atoms with E-state index in [1.165, 1.54) is 18.1 Å². The fraction of sp³-hybridized carbons (Fsp3) is 0.455. The molecule has 2 fully saturated rings. The first-order chi connectivity index (χ1) is 12.2. The molecule has 1 saturated heterocycles. The van der Waals surface area contributed by atoms with Crippen molar-refractivity contribution in [2.45, 2.75) is 50.3 Å². The maximum atomic E-state index is 13.8. The average molecular weight is 339 g/mol. The Balaban J connectivity index is 1.65. The highest BCUT2D eigenvalue weighted by molar-refractivity contribution is 5.26. The van der Waals surface area contributed by atoms with Gasteiger partial charge in [-0.05, 0) is 36.1 Å². The Morgan fingerprint density at radius 3 is 2.60 bits per heavy atom. The van der Waals surface area contributed by atoms with Gasteiger partial charge in [-0.15, -0.1) is 0 Å². The molecule has 2 aromatic carbocycles. The number of nitrogens with zero attached hydrogens (tertiary/aromatic N) is 1. The first-order valence-corrected chi connectivity index (χ1v) is 9.44. The lowest BCUT2D eigenvalue weighted by Gasteiger charge is -2.29. The maximum absolute atomic E-state index is 13.8. The Morgan fingerprint density at radius 2 is 1.80 bits per heavy atom. The summed E-state index contributed by atoms with van der Waals surface area (Å²) >= 11 is 0. The van der Waals surface area contributed by atoms with Gasteiger partial charge < -0.3 is 5.11 Å². The number of fused-ring (bicyclic) bond motifs is 1. The van der Waals surface area contributed by atoms with Gasteiger partial charge in [0.1, 0.15) is 5.82 Å². The quantitative estimate of drug-likeness (QED) is 0.899. The van der Waals surface area contributed by atoms with Crippen molar-refractivity contribution in [1.82, 2.24) is 4.90 Å². The second-order valence-electron chi connectivity index (χ2n) is 7.57. The van der Waals surface area contributed by atoms with E-state index in [0.717, 1.165) is 37.9 Å². The summed E-state index contributed by atoms with van der Waals surface area (Å²) in [4.78, 5) is 2.52. The summed E-state index contributed by atoms with van der Waals surface area (Å²) in [6.45, 7) is 1.80. The first kappa shape index (κ1) is 16.7. The molecule has 25 heavy (non-hydrogen) atoms. The van der Waals surface area contributed by atoms with Gasteiger partial charge in [-0.2, -0.15) is 0 Å². The van der Waals surface area contributed by atoms with Crippen molar-refractivity contribution < 1.29 is 9.50 Å². The van der Waals surface area contributed by atoms with Gasteiger partial charge in [-0.1, -0.05) is 55.3 Å². The molecular formula is C22H26FNO. The van der Waals surface area contributed by atoms with Crippen LogP contribution >= 0.6 is 0 Å². The molecule has 0 bridgehead atoms. The monoisotopic (exact) mass is 339 g/mol. The smallest absolute Gasteiger partial charge is 0.123 e. The van der Waals surface area contributed by atoms with E-state index >= 15 is 0 Å². The van der Waals surface area contributed by atoms with E-state index in [-0.39, 0.29) is 23.8 Å². The summed E-state index contributed by atoms with van der Waals surface area (Å²) in [5, 5.41) is 10.8. The third-order valence-corrected chi connectivity index (χ3v) is 6.01. The standard InChI is InChI=1S/C22H26FNO/c23-18-10-6-9-17(13-18)19-15-24(14-16-7-2-1-3-8-16)20-11-4-5-12-21(25)22(19)20/h1-3,6-10,13,19-22,25H,4-5,11-12,14-15H2/t19-,20-,21-,22-/m1/s1. The number of hydrogen-bond donors (Lipinski definition) is 1. The van der Waals surface area contributed by atoms with E-state index < -0.39 is 0 Å². The van der Waals surface area contributed by atoms with Crippen LogP contribution in [0.5, 0.6) is 0 Å². The lowest BCUT2D eigenvalue weighted by atomic mass is 9.81. The van der Waals surface area contributed by atoms with Gasteiger partial charge in [0.15, 0.2) is 0 Å². The van der Waals surface area contributed by atoms with Crippen molar-refractivity contribution >= 4 is 0 Å². The van der Waals surface area contributed by atoms with Crippen LogP contribution in [0.15, 0.2) is 54.6 Å². The predicted molar refractivity (Wildman–Crippen MR) is 97.7 cm³/mol. The third-order valence-electron chi connectivity index (χ3n) is 6.01. The van der Waals surface area contributed by atoms with E-state index in [9.17, 15) is 9.50 Å². The molecule has 4 rings (SSSR count). The van der Waals surface area contributed by atoms with Crippen molar-refractivity contribution in [2.75, 3.05) is 6.54 Å². The van der Waals surface area contributed by atoms with Crippen LogP contribution in [0.4, 0.5) is 4.39 Å². The number of benzene rings is 2. The zero-order chi connectivity index (χ0) is 17.2. The summed E-state index contributed by atoms with van der Waals surface area (Å²) in [6.07, 6.45) is 3.95. The van der Waals surface area contributed by atoms with Gasteiger partial charge in [-0.3, -0.25) is 4.90 Å². The Morgan fingerprint density at radius 1 is 1.00 bits per heavy atom. The topological polar surface area (TPSA) is 23.5 Å². The molecule has 2 aliphatic rings. The summed E-state index contributed by atoms with van der Waals surface area (Å²) in [7, 11) is 0. The minimum Gasteiger partial charge on any atom is -0.393 e. The number of hydrogen-bond acceptors (Lipinski definition) is 2. The van der Waals surface area contributed by atoms with Crippen molar-refractivity contribution in [3.05, 3.63) is 71.5 Å². The molecule has 0 unspecified atom stereocenters. The van der Waals surface area contributed by atoms with Crippen LogP contribution in [0.3, 0.4) is 0 Å². The zero-order valence-electron chi connectivity index (χ0n) is 14.5. The minimum atomic E-state index is -0.290. The molecule has 1 heterocycles. The molecule has 0 aromatic heterocycles. The maximum Gasteiger partial charge on any atom is 0.123 e. The molecule has 1 saturated carbocycles. The molecule has 0 amide bonds. The lowest BCUT2D eigenvalue weighted by molar-refractivity contribution is 0.0753. The number of aliphatic hydroxyl groups excluding tert-OH is 1.